The Morgan fingerprint density at radius 3 is 2.31 bits per heavy atom. The van der Waals surface area contributed by atoms with Crippen molar-refractivity contribution in [3.05, 3.63) is 101 Å². The molecule has 3 aromatic rings. The molecule has 2 amide bonds. The van der Waals surface area contributed by atoms with Gasteiger partial charge in [0.05, 0.1) is 6.04 Å². The van der Waals surface area contributed by atoms with Crippen LogP contribution >= 0.6 is 0 Å². The predicted octanol–water partition coefficient (Wildman–Crippen LogP) is 5.19. The maximum absolute atomic E-state index is 13.3. The van der Waals surface area contributed by atoms with Crippen molar-refractivity contribution in [3.63, 3.8) is 0 Å². The van der Waals surface area contributed by atoms with Gasteiger partial charge in [0.2, 0.25) is 5.91 Å². The molecule has 0 aliphatic heterocycles. The molecule has 0 heterocycles. The van der Waals surface area contributed by atoms with Crippen LogP contribution in [0.2, 0.25) is 0 Å². The van der Waals surface area contributed by atoms with Gasteiger partial charge >= 0.3 is 0 Å². The Morgan fingerprint density at radius 2 is 1.66 bits per heavy atom. The highest BCUT2D eigenvalue weighted by molar-refractivity contribution is 5.94. The normalized spacial score (nSPS) is 11.6. The maximum Gasteiger partial charge on any atom is 0.254 e. The first-order valence-electron chi connectivity index (χ1n) is 9.42. The van der Waals surface area contributed by atoms with Gasteiger partial charge < -0.3 is 10.2 Å². The zero-order valence-electron chi connectivity index (χ0n) is 16.4. The molecule has 0 fully saturated rings. The molecule has 5 heteroatoms. The molecule has 148 valence electrons. The number of nitrogens with one attached hydrogen (secondary N) is 1. The van der Waals surface area contributed by atoms with Gasteiger partial charge in [-0.15, -0.1) is 0 Å². The van der Waals surface area contributed by atoms with Crippen LogP contribution in [0, 0.1) is 5.82 Å². The lowest BCUT2D eigenvalue weighted by Gasteiger charge is -2.30. The fourth-order valence-electron chi connectivity index (χ4n) is 3.18. The van der Waals surface area contributed by atoms with Gasteiger partial charge in [-0.25, -0.2) is 4.39 Å². The van der Waals surface area contributed by atoms with Gasteiger partial charge in [0.15, 0.2) is 0 Å². The van der Waals surface area contributed by atoms with Gasteiger partial charge in [-0.05, 0) is 54.4 Å². The molecule has 4 nitrogen and oxygen atoms in total. The highest BCUT2D eigenvalue weighted by Crippen LogP contribution is 2.27. The molecule has 0 saturated carbocycles. The van der Waals surface area contributed by atoms with E-state index in [1.807, 2.05) is 55.5 Å². The number of hydrogen-bond donors (Lipinski definition) is 1. The maximum atomic E-state index is 13.3. The van der Waals surface area contributed by atoms with Crippen LogP contribution in [0.25, 0.3) is 0 Å². The molecule has 1 atom stereocenters. The molecule has 0 aliphatic carbocycles. The van der Waals surface area contributed by atoms with Gasteiger partial charge in [-0.2, -0.15) is 0 Å². The Labute approximate surface area is 170 Å². The summed E-state index contributed by atoms with van der Waals surface area (Å²) >= 11 is 0. The van der Waals surface area contributed by atoms with Gasteiger partial charge in [0.25, 0.3) is 5.91 Å². The monoisotopic (exact) mass is 390 g/mol. The van der Waals surface area contributed by atoms with Crippen LogP contribution in [-0.4, -0.2) is 16.7 Å². The van der Waals surface area contributed by atoms with E-state index in [-0.39, 0.29) is 23.7 Å². The molecular weight excluding hydrogens is 367 g/mol. The summed E-state index contributed by atoms with van der Waals surface area (Å²) in [6, 6.07) is 22.5. The lowest BCUT2D eigenvalue weighted by molar-refractivity contribution is -0.114. The van der Waals surface area contributed by atoms with E-state index in [9.17, 15) is 14.0 Å². The highest BCUT2D eigenvalue weighted by Gasteiger charge is 2.23. The second-order valence-corrected chi connectivity index (χ2v) is 6.91. The minimum Gasteiger partial charge on any atom is -0.328 e. The van der Waals surface area contributed by atoms with Crippen LogP contribution in [0.5, 0.6) is 0 Å². The van der Waals surface area contributed by atoms with Crippen LogP contribution in [0.1, 0.15) is 41.4 Å². The Balaban J connectivity index is 1.94. The number of anilines is 1. The molecule has 0 aromatic heterocycles. The first kappa shape index (κ1) is 20.3. The number of carbonyl (C=O) groups is 2. The summed E-state index contributed by atoms with van der Waals surface area (Å²) in [6.07, 6.45) is 0. The van der Waals surface area contributed by atoms with Crippen LogP contribution in [0.4, 0.5) is 10.1 Å². The van der Waals surface area contributed by atoms with Crippen molar-refractivity contribution in [1.29, 1.82) is 0 Å². The van der Waals surface area contributed by atoms with Crippen molar-refractivity contribution in [2.75, 3.05) is 5.32 Å². The van der Waals surface area contributed by atoms with Crippen molar-refractivity contribution >= 4 is 17.5 Å². The molecule has 0 saturated heterocycles. The van der Waals surface area contributed by atoms with E-state index in [1.54, 1.807) is 11.0 Å². The average Bonchev–Trinajstić information content (AvgIpc) is 2.72. The second-order valence-electron chi connectivity index (χ2n) is 6.91. The van der Waals surface area contributed by atoms with Crippen LogP contribution in [-0.2, 0) is 11.3 Å². The quantitative estimate of drug-likeness (QED) is 0.630. The molecular formula is C24H23FN2O2. The second kappa shape index (κ2) is 9.15. The minimum absolute atomic E-state index is 0.154. The minimum atomic E-state index is -0.382. The summed E-state index contributed by atoms with van der Waals surface area (Å²) in [6.45, 7) is 3.80. The lowest BCUT2D eigenvalue weighted by atomic mass is 10.0. The van der Waals surface area contributed by atoms with Gasteiger partial charge in [-0.3, -0.25) is 9.59 Å². The predicted molar refractivity (Wildman–Crippen MR) is 112 cm³/mol. The van der Waals surface area contributed by atoms with Crippen molar-refractivity contribution in [1.82, 2.24) is 4.90 Å². The first-order valence-corrected chi connectivity index (χ1v) is 9.42. The summed E-state index contributed by atoms with van der Waals surface area (Å²) in [5.74, 6) is -0.725. The summed E-state index contributed by atoms with van der Waals surface area (Å²) in [7, 11) is 0. The molecule has 0 aliphatic rings. The molecule has 29 heavy (non-hydrogen) atoms. The van der Waals surface area contributed by atoms with Crippen molar-refractivity contribution in [3.8, 4) is 0 Å². The molecule has 0 radical (unpaired) electrons. The standard InChI is InChI=1S/C24H23FN2O2/c1-17(21-9-6-10-23(15-21)26-18(2)28)27(16-19-7-4-3-5-8-19)24(29)20-11-13-22(25)14-12-20/h3-15,17H,16H2,1-2H3,(H,26,28). The number of rotatable bonds is 6. The number of amides is 2. The number of halogens is 1. The molecule has 1 unspecified atom stereocenters. The van der Waals surface area contributed by atoms with Crippen molar-refractivity contribution in [2.24, 2.45) is 0 Å². The Bertz CT molecular complexity index is 987. The number of benzene rings is 3. The van der Waals surface area contributed by atoms with E-state index >= 15 is 0 Å². The third-order valence-corrected chi connectivity index (χ3v) is 4.70. The molecule has 1 N–H and O–H groups in total. The largest absolute Gasteiger partial charge is 0.328 e. The Morgan fingerprint density at radius 1 is 0.966 bits per heavy atom. The molecule has 0 bridgehead atoms. The smallest absolute Gasteiger partial charge is 0.254 e. The van der Waals surface area contributed by atoms with E-state index in [0.29, 0.717) is 17.8 Å². The molecule has 3 rings (SSSR count). The third kappa shape index (κ3) is 5.29. The van der Waals surface area contributed by atoms with Gasteiger partial charge in [0.1, 0.15) is 5.82 Å². The fraction of sp³-hybridized carbons (Fsp3) is 0.167. The van der Waals surface area contributed by atoms with E-state index in [0.717, 1.165) is 11.1 Å². The van der Waals surface area contributed by atoms with E-state index < -0.39 is 0 Å². The van der Waals surface area contributed by atoms with Crippen molar-refractivity contribution < 1.29 is 14.0 Å². The first-order chi connectivity index (χ1) is 13.9. The third-order valence-electron chi connectivity index (χ3n) is 4.70. The number of hydrogen-bond acceptors (Lipinski definition) is 2. The molecule has 0 spiro atoms. The Kier molecular flexibility index (Phi) is 6.39. The van der Waals surface area contributed by atoms with Crippen LogP contribution in [0.15, 0.2) is 78.9 Å². The Hall–Kier alpha value is -3.47. The average molecular weight is 390 g/mol. The van der Waals surface area contributed by atoms with Crippen LogP contribution < -0.4 is 5.32 Å². The fourth-order valence-corrected chi connectivity index (χ4v) is 3.18. The van der Waals surface area contributed by atoms with Crippen LogP contribution in [0.3, 0.4) is 0 Å². The number of nitrogens with zero attached hydrogens (tertiary/aromatic N) is 1. The van der Waals surface area contributed by atoms with E-state index in [2.05, 4.69) is 5.32 Å². The highest BCUT2D eigenvalue weighted by atomic mass is 19.1. The van der Waals surface area contributed by atoms with Gasteiger partial charge in [-0.1, -0.05) is 42.5 Å². The summed E-state index contributed by atoms with van der Waals surface area (Å²) in [5.41, 5.74) is 2.98. The van der Waals surface area contributed by atoms with Crippen molar-refractivity contribution in [2.45, 2.75) is 26.4 Å². The molecule has 3 aromatic carbocycles. The van der Waals surface area contributed by atoms with Gasteiger partial charge in [0, 0.05) is 24.7 Å². The van der Waals surface area contributed by atoms with E-state index in [4.69, 9.17) is 0 Å². The van der Waals surface area contributed by atoms with E-state index in [1.165, 1.54) is 31.2 Å². The topological polar surface area (TPSA) is 49.4 Å². The number of carbonyl (C=O) groups excluding carboxylic acids is 2. The zero-order chi connectivity index (χ0) is 20.8. The zero-order valence-corrected chi connectivity index (χ0v) is 16.4. The summed E-state index contributed by atoms with van der Waals surface area (Å²) in [5, 5.41) is 2.77. The lowest BCUT2D eigenvalue weighted by Crippen LogP contribution is -2.33. The SMILES string of the molecule is CC(=O)Nc1cccc(C(C)N(Cc2ccccc2)C(=O)c2ccc(F)cc2)c1. The summed E-state index contributed by atoms with van der Waals surface area (Å²) < 4.78 is 13.3. The summed E-state index contributed by atoms with van der Waals surface area (Å²) in [4.78, 5) is 26.4.